The predicted molar refractivity (Wildman–Crippen MR) is 32.1 cm³/mol. The molecule has 41 valence electrons. The highest BCUT2D eigenvalue weighted by Crippen LogP contribution is 2.10. The molecule has 1 atom stereocenters. The number of hydrogen-bond donors (Lipinski definition) is 0. The van der Waals surface area contributed by atoms with Gasteiger partial charge in [0, 0.05) is 13.6 Å². The lowest BCUT2D eigenvalue weighted by Crippen LogP contribution is -2.20. The molecule has 0 spiro atoms. The van der Waals surface area contributed by atoms with Crippen LogP contribution in [0.2, 0.25) is 0 Å². The summed E-state index contributed by atoms with van der Waals surface area (Å²) in [4.78, 5) is 0.387. The zero-order chi connectivity index (χ0) is 5.28. The number of halogens is 1. The van der Waals surface area contributed by atoms with Crippen LogP contribution in [0.3, 0.4) is 0 Å². The van der Waals surface area contributed by atoms with Crippen molar-refractivity contribution in [1.29, 1.82) is 0 Å². The first-order valence-electron chi connectivity index (χ1n) is 2.35. The fraction of sp³-hybridized carbons (Fsp3) is 1.00. The lowest BCUT2D eigenvalue weighted by Gasteiger charge is -2.02. The first kappa shape index (κ1) is 5.54. The summed E-state index contributed by atoms with van der Waals surface area (Å²) in [5.74, 6) is 0. The third kappa shape index (κ3) is 1.40. The largest absolute Gasteiger partial charge is 0.229 e. The van der Waals surface area contributed by atoms with Crippen LogP contribution in [0.4, 0.5) is 0 Å². The minimum Gasteiger partial charge on any atom is -0.229 e. The monoisotopic (exact) mass is 163 g/mol. The van der Waals surface area contributed by atoms with E-state index in [-0.39, 0.29) is 0 Å². The average Bonchev–Trinajstić information content (AvgIpc) is 1.87. The number of nitrogens with zero attached hydrogens (tertiary/aromatic N) is 2. The Bertz CT molecular complexity index is 58.7. The predicted octanol–water partition coefficient (Wildman–Crippen LogP) is 0.562. The Morgan fingerprint density at radius 1 is 1.86 bits per heavy atom. The maximum absolute atomic E-state index is 4.14. The molecule has 1 radical (unpaired) electrons. The molecule has 1 saturated heterocycles. The van der Waals surface area contributed by atoms with Gasteiger partial charge in [0.2, 0.25) is 0 Å². The zero-order valence-corrected chi connectivity index (χ0v) is 5.85. The molecule has 1 aliphatic heterocycles. The molecule has 1 unspecified atom stereocenters. The van der Waals surface area contributed by atoms with E-state index in [2.05, 4.69) is 21.4 Å². The Labute approximate surface area is 52.0 Å². The third-order valence-corrected chi connectivity index (χ3v) is 1.65. The Morgan fingerprint density at radius 2 is 2.57 bits per heavy atom. The molecule has 0 aromatic heterocycles. The maximum Gasteiger partial charge on any atom is 0.0980 e. The molecule has 1 fully saturated rings. The first-order valence-corrected chi connectivity index (χ1v) is 3.26. The van der Waals surface area contributed by atoms with Crippen LogP contribution >= 0.6 is 15.9 Å². The maximum atomic E-state index is 4.14. The SMILES string of the molecule is CN1CCC(Br)[N]1. The molecule has 0 amide bonds. The molecule has 3 heteroatoms. The third-order valence-electron chi connectivity index (χ3n) is 1.01. The highest BCUT2D eigenvalue weighted by atomic mass is 79.9. The van der Waals surface area contributed by atoms with Gasteiger partial charge in [-0.15, -0.1) is 5.43 Å². The van der Waals surface area contributed by atoms with Gasteiger partial charge in [0.15, 0.2) is 0 Å². The van der Waals surface area contributed by atoms with Gasteiger partial charge >= 0.3 is 0 Å². The fourth-order valence-corrected chi connectivity index (χ4v) is 1.14. The van der Waals surface area contributed by atoms with Gasteiger partial charge in [-0.3, -0.25) is 0 Å². The first-order chi connectivity index (χ1) is 3.29. The number of alkyl halides is 1. The van der Waals surface area contributed by atoms with E-state index in [1.807, 2.05) is 12.1 Å². The van der Waals surface area contributed by atoms with Crippen LogP contribution in [0.25, 0.3) is 0 Å². The van der Waals surface area contributed by atoms with E-state index >= 15 is 0 Å². The second-order valence-electron chi connectivity index (χ2n) is 1.72. The number of hydrogen-bond acceptors (Lipinski definition) is 1. The highest BCUT2D eigenvalue weighted by molar-refractivity contribution is 9.09. The van der Waals surface area contributed by atoms with Gasteiger partial charge in [0.1, 0.15) is 0 Å². The van der Waals surface area contributed by atoms with Crippen LogP contribution in [-0.4, -0.2) is 23.6 Å². The minimum absolute atomic E-state index is 0.387. The average molecular weight is 164 g/mol. The van der Waals surface area contributed by atoms with Gasteiger partial charge in [-0.1, -0.05) is 15.9 Å². The van der Waals surface area contributed by atoms with Crippen LogP contribution in [0, 0.1) is 0 Å². The van der Waals surface area contributed by atoms with Crippen LogP contribution in [0.1, 0.15) is 6.42 Å². The van der Waals surface area contributed by atoms with Crippen molar-refractivity contribution in [2.75, 3.05) is 13.6 Å². The Hall–Kier alpha value is 0.400. The van der Waals surface area contributed by atoms with Gasteiger partial charge in [-0.2, -0.15) is 0 Å². The molecule has 1 rings (SSSR count). The molecule has 2 nitrogen and oxygen atoms in total. The molecule has 0 saturated carbocycles. The van der Waals surface area contributed by atoms with Crippen LogP contribution in [0.15, 0.2) is 0 Å². The van der Waals surface area contributed by atoms with Crippen molar-refractivity contribution in [3.05, 3.63) is 0 Å². The van der Waals surface area contributed by atoms with E-state index in [0.29, 0.717) is 4.95 Å². The Morgan fingerprint density at radius 3 is 2.71 bits per heavy atom. The molecular weight excluding hydrogens is 156 g/mol. The Kier molecular flexibility index (Phi) is 1.67. The lowest BCUT2D eigenvalue weighted by molar-refractivity contribution is 0.302. The molecule has 0 N–H and O–H groups in total. The normalized spacial score (nSPS) is 34.3. The summed E-state index contributed by atoms with van der Waals surface area (Å²) >= 11 is 3.37. The van der Waals surface area contributed by atoms with Gasteiger partial charge in [0.25, 0.3) is 0 Å². The summed E-state index contributed by atoms with van der Waals surface area (Å²) < 4.78 is 0. The standard InChI is InChI=1S/C4H8BrN2/c1-7-3-2-4(5)6-7/h4H,2-3H2,1H3. The smallest absolute Gasteiger partial charge is 0.0980 e. The van der Waals surface area contributed by atoms with Crippen LogP contribution in [-0.2, 0) is 0 Å². The molecule has 1 aliphatic rings. The van der Waals surface area contributed by atoms with Crippen molar-refractivity contribution in [3.63, 3.8) is 0 Å². The van der Waals surface area contributed by atoms with E-state index in [9.17, 15) is 0 Å². The van der Waals surface area contributed by atoms with Gasteiger partial charge < -0.3 is 0 Å². The molecule has 1 heterocycles. The van der Waals surface area contributed by atoms with Gasteiger partial charge in [-0.25, -0.2) is 5.01 Å². The second kappa shape index (κ2) is 2.11. The highest BCUT2D eigenvalue weighted by Gasteiger charge is 2.15. The summed E-state index contributed by atoms with van der Waals surface area (Å²) in [6.07, 6.45) is 1.15. The van der Waals surface area contributed by atoms with E-state index in [1.54, 1.807) is 0 Å². The van der Waals surface area contributed by atoms with Gasteiger partial charge in [-0.05, 0) is 6.42 Å². The minimum atomic E-state index is 0.387. The van der Waals surface area contributed by atoms with Gasteiger partial charge in [0.05, 0.1) is 4.95 Å². The summed E-state index contributed by atoms with van der Waals surface area (Å²) in [6, 6.07) is 0. The summed E-state index contributed by atoms with van der Waals surface area (Å²) in [5, 5.41) is 1.96. The van der Waals surface area contributed by atoms with Crippen molar-refractivity contribution in [2.45, 2.75) is 11.4 Å². The molecule has 0 aromatic rings. The van der Waals surface area contributed by atoms with E-state index in [0.717, 1.165) is 13.0 Å². The zero-order valence-electron chi connectivity index (χ0n) is 4.26. The molecular formula is C4H8BrN2. The molecule has 0 aromatic carbocycles. The lowest BCUT2D eigenvalue weighted by atomic mass is 10.5. The van der Waals surface area contributed by atoms with E-state index in [1.165, 1.54) is 0 Å². The summed E-state index contributed by atoms with van der Waals surface area (Å²) in [5.41, 5.74) is 4.14. The molecule has 7 heavy (non-hydrogen) atoms. The van der Waals surface area contributed by atoms with Crippen molar-refractivity contribution >= 4 is 15.9 Å². The van der Waals surface area contributed by atoms with E-state index in [4.69, 9.17) is 0 Å². The second-order valence-corrected chi connectivity index (χ2v) is 2.78. The van der Waals surface area contributed by atoms with Crippen LogP contribution < -0.4 is 5.43 Å². The van der Waals surface area contributed by atoms with Crippen molar-refractivity contribution in [1.82, 2.24) is 10.4 Å². The summed E-state index contributed by atoms with van der Waals surface area (Å²) in [7, 11) is 1.99. The van der Waals surface area contributed by atoms with Crippen molar-refractivity contribution in [2.24, 2.45) is 0 Å². The quantitative estimate of drug-likeness (QED) is 0.377. The van der Waals surface area contributed by atoms with Crippen molar-refractivity contribution < 1.29 is 0 Å². The molecule has 0 bridgehead atoms. The van der Waals surface area contributed by atoms with E-state index < -0.39 is 0 Å². The number of rotatable bonds is 0. The van der Waals surface area contributed by atoms with Crippen molar-refractivity contribution in [3.8, 4) is 0 Å². The fourth-order valence-electron chi connectivity index (χ4n) is 0.623. The summed E-state index contributed by atoms with van der Waals surface area (Å²) in [6.45, 7) is 1.09. The van der Waals surface area contributed by atoms with Crippen LogP contribution in [0.5, 0.6) is 0 Å². The Balaban J connectivity index is 2.26. The topological polar surface area (TPSA) is 17.3 Å². The molecule has 0 aliphatic carbocycles.